The number of non-ortho nitro benzene ring substituents is 1. The van der Waals surface area contributed by atoms with Gasteiger partial charge in [-0.05, 0) is 43.2 Å². The monoisotopic (exact) mass is 393 g/mol. The van der Waals surface area contributed by atoms with Gasteiger partial charge in [0.25, 0.3) is 5.69 Å². The summed E-state index contributed by atoms with van der Waals surface area (Å²) in [6.07, 6.45) is 4.88. The fraction of sp³-hybridized carbons (Fsp3) is 0.263. The van der Waals surface area contributed by atoms with Gasteiger partial charge in [-0.3, -0.25) is 14.9 Å². The number of aromatic nitrogens is 4. The number of nitrogens with zero attached hydrogens (tertiary/aromatic N) is 6. The molecule has 0 bridgehead atoms. The second-order valence-electron chi connectivity index (χ2n) is 6.75. The number of hydrogen-bond donors (Lipinski definition) is 1. The van der Waals surface area contributed by atoms with E-state index in [1.54, 1.807) is 29.2 Å². The zero-order valence-electron chi connectivity index (χ0n) is 15.5. The van der Waals surface area contributed by atoms with Gasteiger partial charge in [0.15, 0.2) is 11.6 Å². The van der Waals surface area contributed by atoms with E-state index in [1.807, 2.05) is 18.2 Å². The maximum atomic E-state index is 12.5. The number of rotatable bonds is 5. The van der Waals surface area contributed by atoms with Crippen LogP contribution in [0.3, 0.4) is 0 Å². The van der Waals surface area contributed by atoms with Gasteiger partial charge in [0.05, 0.1) is 4.92 Å². The lowest BCUT2D eigenvalue weighted by Crippen LogP contribution is -2.38. The van der Waals surface area contributed by atoms with Crippen molar-refractivity contribution in [1.82, 2.24) is 20.0 Å². The number of nitrogens with one attached hydrogen (secondary N) is 1. The Morgan fingerprint density at radius 2 is 1.76 bits per heavy atom. The van der Waals surface area contributed by atoms with Gasteiger partial charge < -0.3 is 10.2 Å². The second-order valence-corrected chi connectivity index (χ2v) is 6.75. The van der Waals surface area contributed by atoms with E-state index in [9.17, 15) is 14.9 Å². The molecular formula is C19H19N7O3. The quantitative estimate of drug-likeness (QED) is 0.522. The third-order valence-corrected chi connectivity index (χ3v) is 4.91. The summed E-state index contributed by atoms with van der Waals surface area (Å²) in [6, 6.07) is 11.4. The minimum atomic E-state index is -0.466. The lowest BCUT2D eigenvalue weighted by molar-refractivity contribution is -0.384. The molecule has 10 nitrogen and oxygen atoms in total. The Balaban J connectivity index is 1.31. The summed E-state index contributed by atoms with van der Waals surface area (Å²) < 4.78 is 1.64. The van der Waals surface area contributed by atoms with Gasteiger partial charge in [0.2, 0.25) is 5.91 Å². The number of benzene rings is 1. The van der Waals surface area contributed by atoms with Crippen molar-refractivity contribution in [2.45, 2.75) is 12.8 Å². The smallest absolute Gasteiger partial charge is 0.269 e. The number of piperidine rings is 1. The van der Waals surface area contributed by atoms with Crippen molar-refractivity contribution < 1.29 is 9.72 Å². The first-order valence-corrected chi connectivity index (χ1v) is 9.24. The van der Waals surface area contributed by atoms with Crippen LogP contribution in [0.5, 0.6) is 0 Å². The van der Waals surface area contributed by atoms with Crippen LogP contribution in [0.25, 0.3) is 5.82 Å². The number of anilines is 2. The van der Waals surface area contributed by atoms with E-state index in [4.69, 9.17) is 0 Å². The van der Waals surface area contributed by atoms with E-state index in [0.29, 0.717) is 37.4 Å². The van der Waals surface area contributed by atoms with Crippen molar-refractivity contribution in [2.24, 2.45) is 5.92 Å². The third kappa shape index (κ3) is 4.21. The second kappa shape index (κ2) is 8.05. The molecule has 4 rings (SSSR count). The first kappa shape index (κ1) is 18.5. The number of nitro benzene ring substituents is 1. The minimum Gasteiger partial charge on any atom is -0.355 e. The number of carbonyl (C=O) groups is 1. The minimum absolute atomic E-state index is 0.00371. The van der Waals surface area contributed by atoms with E-state index in [-0.39, 0.29) is 17.5 Å². The van der Waals surface area contributed by atoms with E-state index in [0.717, 1.165) is 5.82 Å². The maximum absolute atomic E-state index is 12.5. The lowest BCUT2D eigenvalue weighted by atomic mass is 9.96. The fourth-order valence-electron chi connectivity index (χ4n) is 3.29. The molecule has 148 valence electrons. The maximum Gasteiger partial charge on any atom is 0.269 e. The Bertz CT molecular complexity index is 980. The largest absolute Gasteiger partial charge is 0.355 e. The number of amides is 1. The highest BCUT2D eigenvalue weighted by Gasteiger charge is 2.26. The van der Waals surface area contributed by atoms with Crippen LogP contribution in [0.4, 0.5) is 17.2 Å². The Labute approximate surface area is 166 Å². The molecule has 1 amide bonds. The number of nitro groups is 1. The molecule has 0 radical (unpaired) electrons. The molecule has 1 aromatic carbocycles. The molecule has 1 fully saturated rings. The van der Waals surface area contributed by atoms with E-state index in [2.05, 4.69) is 25.5 Å². The summed E-state index contributed by atoms with van der Waals surface area (Å²) in [5, 5.41) is 26.2. The fourth-order valence-corrected chi connectivity index (χ4v) is 3.29. The third-order valence-electron chi connectivity index (χ3n) is 4.91. The summed E-state index contributed by atoms with van der Waals surface area (Å²) in [5.41, 5.74) is 0.555. The molecule has 2 aromatic heterocycles. The van der Waals surface area contributed by atoms with Gasteiger partial charge in [-0.1, -0.05) is 0 Å². The Morgan fingerprint density at radius 1 is 1.07 bits per heavy atom. The molecule has 0 unspecified atom stereocenters. The van der Waals surface area contributed by atoms with Crippen LogP contribution in [0.15, 0.2) is 54.9 Å². The predicted molar refractivity (Wildman–Crippen MR) is 106 cm³/mol. The Kier molecular flexibility index (Phi) is 5.14. The van der Waals surface area contributed by atoms with Gasteiger partial charge in [-0.25, -0.2) is 4.68 Å². The molecule has 29 heavy (non-hydrogen) atoms. The highest BCUT2D eigenvalue weighted by Crippen LogP contribution is 2.24. The number of carbonyl (C=O) groups excluding carboxylic acids is 1. The standard InChI is InChI=1S/C19H19N7O3/c27-19(21-15-2-4-16(5-3-15)26(28)29)14-8-12-24(13-9-14)17-6-7-18(23-22-17)25-11-1-10-20-25/h1-7,10-11,14H,8-9,12-13H2,(H,21,27). The van der Waals surface area contributed by atoms with Crippen molar-refractivity contribution in [3.8, 4) is 5.82 Å². The number of hydrogen-bond acceptors (Lipinski definition) is 7. The Hall–Kier alpha value is -3.82. The van der Waals surface area contributed by atoms with E-state index >= 15 is 0 Å². The first-order chi connectivity index (χ1) is 14.1. The van der Waals surface area contributed by atoms with Crippen LogP contribution in [0.1, 0.15) is 12.8 Å². The van der Waals surface area contributed by atoms with Crippen LogP contribution < -0.4 is 10.2 Å². The highest BCUT2D eigenvalue weighted by atomic mass is 16.6. The molecule has 1 aliphatic heterocycles. The summed E-state index contributed by atoms with van der Waals surface area (Å²) in [7, 11) is 0. The molecule has 3 heterocycles. The zero-order valence-corrected chi connectivity index (χ0v) is 15.5. The molecule has 0 atom stereocenters. The highest BCUT2D eigenvalue weighted by molar-refractivity contribution is 5.92. The molecule has 0 spiro atoms. The van der Waals surface area contributed by atoms with E-state index in [1.165, 1.54) is 12.1 Å². The molecular weight excluding hydrogens is 374 g/mol. The summed E-state index contributed by atoms with van der Waals surface area (Å²) in [5.74, 6) is 1.24. The van der Waals surface area contributed by atoms with Crippen molar-refractivity contribution in [3.63, 3.8) is 0 Å². The van der Waals surface area contributed by atoms with E-state index < -0.39 is 4.92 Å². The van der Waals surface area contributed by atoms with Crippen LogP contribution in [-0.4, -0.2) is 43.9 Å². The van der Waals surface area contributed by atoms with Crippen LogP contribution >= 0.6 is 0 Å². The molecule has 1 aliphatic rings. The SMILES string of the molecule is O=C(Nc1ccc([N+](=O)[O-])cc1)C1CCN(c2ccc(-n3cccn3)nn2)CC1. The van der Waals surface area contributed by atoms with Crippen LogP contribution in [-0.2, 0) is 4.79 Å². The molecule has 0 aliphatic carbocycles. The van der Waals surface area contributed by atoms with Crippen LogP contribution in [0.2, 0.25) is 0 Å². The molecule has 3 aromatic rings. The van der Waals surface area contributed by atoms with Crippen molar-refractivity contribution in [1.29, 1.82) is 0 Å². The normalized spacial score (nSPS) is 14.6. The van der Waals surface area contributed by atoms with Gasteiger partial charge in [-0.2, -0.15) is 5.10 Å². The van der Waals surface area contributed by atoms with Gasteiger partial charge in [0.1, 0.15) is 0 Å². The predicted octanol–water partition coefficient (Wildman–Crippen LogP) is 2.43. The van der Waals surface area contributed by atoms with Crippen LogP contribution in [0, 0.1) is 16.0 Å². The zero-order chi connectivity index (χ0) is 20.2. The molecule has 1 saturated heterocycles. The van der Waals surface area contributed by atoms with Crippen molar-refractivity contribution in [3.05, 3.63) is 65.0 Å². The molecule has 0 saturated carbocycles. The Morgan fingerprint density at radius 3 is 2.34 bits per heavy atom. The average Bonchev–Trinajstić information content (AvgIpc) is 3.29. The summed E-state index contributed by atoms with van der Waals surface area (Å²) >= 11 is 0. The topological polar surface area (TPSA) is 119 Å². The van der Waals surface area contributed by atoms with Gasteiger partial charge >= 0.3 is 0 Å². The first-order valence-electron chi connectivity index (χ1n) is 9.24. The average molecular weight is 393 g/mol. The summed E-state index contributed by atoms with van der Waals surface area (Å²) in [4.78, 5) is 24.9. The lowest BCUT2D eigenvalue weighted by Gasteiger charge is -2.31. The summed E-state index contributed by atoms with van der Waals surface area (Å²) in [6.45, 7) is 1.41. The van der Waals surface area contributed by atoms with Crippen molar-refractivity contribution in [2.75, 3.05) is 23.3 Å². The van der Waals surface area contributed by atoms with Gasteiger partial charge in [-0.15, -0.1) is 10.2 Å². The molecule has 1 N–H and O–H groups in total. The molecule has 10 heteroatoms. The van der Waals surface area contributed by atoms with Gasteiger partial charge in [0, 0.05) is 49.2 Å². The van der Waals surface area contributed by atoms with Crippen molar-refractivity contribution >= 4 is 23.1 Å².